The first kappa shape index (κ1) is 12.9. The van der Waals surface area contributed by atoms with Gasteiger partial charge in [0.15, 0.2) is 0 Å². The van der Waals surface area contributed by atoms with Gasteiger partial charge in [-0.15, -0.1) is 0 Å². The van der Waals surface area contributed by atoms with Crippen molar-refractivity contribution >= 4 is 5.91 Å². The van der Waals surface area contributed by atoms with Crippen molar-refractivity contribution in [3.63, 3.8) is 0 Å². The topological polar surface area (TPSA) is 91.5 Å². The molecule has 1 amide bonds. The van der Waals surface area contributed by atoms with Crippen molar-refractivity contribution in [1.29, 1.82) is 0 Å². The fourth-order valence-corrected chi connectivity index (χ4v) is 2.17. The van der Waals surface area contributed by atoms with Crippen LogP contribution in [0.1, 0.15) is 29.0 Å². The van der Waals surface area contributed by atoms with Crippen molar-refractivity contribution in [2.45, 2.75) is 25.5 Å². The second-order valence-corrected chi connectivity index (χ2v) is 4.52. The summed E-state index contributed by atoms with van der Waals surface area (Å²) in [5.41, 5.74) is 3.19. The number of β-amino-alcohol motifs (C(OH)–C–C–N with tert-alkyl or cyclic N) is 1. The number of amides is 1. The highest BCUT2D eigenvalue weighted by Gasteiger charge is 2.18. The molecular weight excluding hydrogens is 232 g/mol. The highest BCUT2D eigenvalue weighted by atomic mass is 16.3. The van der Waals surface area contributed by atoms with Crippen LogP contribution < -0.4 is 11.3 Å². The average Bonchev–Trinajstić information content (AvgIpc) is 2.38. The van der Waals surface area contributed by atoms with Crippen molar-refractivity contribution in [2.75, 3.05) is 13.1 Å². The van der Waals surface area contributed by atoms with Gasteiger partial charge < -0.3 is 5.11 Å². The van der Waals surface area contributed by atoms with E-state index in [1.807, 2.05) is 6.07 Å². The molecule has 98 valence electrons. The van der Waals surface area contributed by atoms with Crippen molar-refractivity contribution < 1.29 is 9.90 Å². The third-order valence-electron chi connectivity index (χ3n) is 3.04. The number of nitrogens with two attached hydrogens (primary N) is 1. The fourth-order valence-electron chi connectivity index (χ4n) is 2.17. The first-order valence-electron chi connectivity index (χ1n) is 6.06. The maximum absolute atomic E-state index is 11.4. The van der Waals surface area contributed by atoms with E-state index >= 15 is 0 Å². The van der Waals surface area contributed by atoms with Gasteiger partial charge in [0.25, 0.3) is 5.91 Å². The van der Waals surface area contributed by atoms with Crippen molar-refractivity contribution in [3.8, 4) is 0 Å². The number of nitrogens with zero attached hydrogens (tertiary/aromatic N) is 2. The number of carbonyl (C=O) groups excluding carboxylic acids is 1. The minimum atomic E-state index is -0.393. The summed E-state index contributed by atoms with van der Waals surface area (Å²) >= 11 is 0. The van der Waals surface area contributed by atoms with Crippen LogP contribution in [-0.4, -0.2) is 40.1 Å². The average molecular weight is 250 g/mol. The fraction of sp³-hybridized carbons (Fsp3) is 0.500. The van der Waals surface area contributed by atoms with Crippen LogP contribution >= 0.6 is 0 Å². The van der Waals surface area contributed by atoms with Gasteiger partial charge >= 0.3 is 0 Å². The van der Waals surface area contributed by atoms with E-state index in [4.69, 9.17) is 5.84 Å². The van der Waals surface area contributed by atoms with E-state index in [-0.39, 0.29) is 6.10 Å². The van der Waals surface area contributed by atoms with E-state index in [0.717, 1.165) is 25.1 Å². The molecule has 0 saturated carbocycles. The minimum Gasteiger partial charge on any atom is -0.392 e. The van der Waals surface area contributed by atoms with E-state index in [1.165, 1.54) is 0 Å². The Morgan fingerprint density at radius 1 is 1.61 bits per heavy atom. The number of likely N-dealkylation sites (tertiary alicyclic amines) is 1. The van der Waals surface area contributed by atoms with Gasteiger partial charge in [0, 0.05) is 13.1 Å². The van der Waals surface area contributed by atoms with E-state index < -0.39 is 5.91 Å². The number of piperidine rings is 1. The zero-order valence-electron chi connectivity index (χ0n) is 10.2. The predicted octanol–water partition coefficient (Wildman–Crippen LogP) is -0.358. The summed E-state index contributed by atoms with van der Waals surface area (Å²) in [6.07, 6.45) is 1.60. The number of rotatable bonds is 3. The van der Waals surface area contributed by atoms with Crippen molar-refractivity contribution in [3.05, 3.63) is 29.6 Å². The third kappa shape index (κ3) is 3.25. The molecule has 0 radical (unpaired) electrons. The lowest BCUT2D eigenvalue weighted by Gasteiger charge is -2.29. The molecule has 0 aliphatic carbocycles. The molecule has 6 heteroatoms. The Bertz CT molecular complexity index is 424. The van der Waals surface area contributed by atoms with Gasteiger partial charge in [-0.05, 0) is 31.5 Å². The second-order valence-electron chi connectivity index (χ2n) is 4.52. The zero-order chi connectivity index (χ0) is 13.0. The molecule has 1 fully saturated rings. The standard InChI is InChI=1S/C12H18N4O2/c13-15-12(18)11-5-1-3-9(14-11)7-16-6-2-4-10(17)8-16/h1,3,5,10,17H,2,4,6-8,13H2,(H,15,18). The Morgan fingerprint density at radius 2 is 2.44 bits per heavy atom. The minimum absolute atomic E-state index is 0.255. The van der Waals surface area contributed by atoms with E-state index in [9.17, 15) is 9.90 Å². The van der Waals surface area contributed by atoms with Crippen molar-refractivity contribution in [1.82, 2.24) is 15.3 Å². The van der Waals surface area contributed by atoms with E-state index in [0.29, 0.717) is 18.8 Å². The molecule has 1 aliphatic rings. The van der Waals surface area contributed by atoms with E-state index in [2.05, 4.69) is 15.3 Å². The highest BCUT2D eigenvalue weighted by molar-refractivity contribution is 5.91. The Morgan fingerprint density at radius 3 is 3.17 bits per heavy atom. The highest BCUT2D eigenvalue weighted by Crippen LogP contribution is 2.12. The molecule has 2 heterocycles. The van der Waals surface area contributed by atoms with Crippen LogP contribution in [0.25, 0.3) is 0 Å². The Labute approximate surface area is 106 Å². The molecule has 1 saturated heterocycles. The van der Waals surface area contributed by atoms with E-state index in [1.54, 1.807) is 12.1 Å². The van der Waals surface area contributed by atoms with Gasteiger partial charge in [0.05, 0.1) is 11.8 Å². The zero-order valence-corrected chi connectivity index (χ0v) is 10.2. The Balaban J connectivity index is 2.02. The third-order valence-corrected chi connectivity index (χ3v) is 3.04. The molecule has 1 aromatic rings. The van der Waals surface area contributed by atoms with Gasteiger partial charge in [-0.2, -0.15) is 0 Å². The lowest BCUT2D eigenvalue weighted by atomic mass is 10.1. The SMILES string of the molecule is NNC(=O)c1cccc(CN2CCCC(O)C2)n1. The quantitative estimate of drug-likeness (QED) is 0.387. The Hall–Kier alpha value is -1.50. The molecule has 0 bridgehead atoms. The number of aliphatic hydroxyl groups excluding tert-OH is 1. The first-order chi connectivity index (χ1) is 8.69. The number of pyridine rings is 1. The molecule has 1 aromatic heterocycles. The summed E-state index contributed by atoms with van der Waals surface area (Å²) < 4.78 is 0. The van der Waals surface area contributed by atoms with Crippen LogP contribution in [0, 0.1) is 0 Å². The molecule has 2 rings (SSSR count). The predicted molar refractivity (Wildman–Crippen MR) is 66.4 cm³/mol. The largest absolute Gasteiger partial charge is 0.392 e. The summed E-state index contributed by atoms with van der Waals surface area (Å²) in [5.74, 6) is 4.68. The number of nitrogen functional groups attached to an aromatic ring is 1. The maximum Gasteiger partial charge on any atom is 0.283 e. The molecule has 6 nitrogen and oxygen atoms in total. The smallest absolute Gasteiger partial charge is 0.283 e. The number of carbonyl (C=O) groups is 1. The molecule has 0 aromatic carbocycles. The van der Waals surface area contributed by atoms with Crippen LogP contribution in [0.3, 0.4) is 0 Å². The molecule has 4 N–H and O–H groups in total. The van der Waals surface area contributed by atoms with Gasteiger partial charge in [-0.3, -0.25) is 15.1 Å². The number of hydrazine groups is 1. The molecular formula is C12H18N4O2. The van der Waals surface area contributed by atoms with Gasteiger partial charge in [0.2, 0.25) is 0 Å². The maximum atomic E-state index is 11.4. The summed E-state index contributed by atoms with van der Waals surface area (Å²) in [4.78, 5) is 17.7. The molecule has 1 atom stereocenters. The van der Waals surface area contributed by atoms with Gasteiger partial charge in [-0.1, -0.05) is 6.07 Å². The van der Waals surface area contributed by atoms with Crippen LogP contribution in [0.5, 0.6) is 0 Å². The summed E-state index contributed by atoms with van der Waals surface area (Å²) in [6.45, 7) is 2.25. The first-order valence-corrected chi connectivity index (χ1v) is 6.06. The lowest BCUT2D eigenvalue weighted by molar-refractivity contribution is 0.0661. The van der Waals surface area contributed by atoms with Crippen LogP contribution in [0.4, 0.5) is 0 Å². The molecule has 18 heavy (non-hydrogen) atoms. The summed E-state index contributed by atoms with van der Waals surface area (Å²) in [7, 11) is 0. The number of aliphatic hydroxyl groups is 1. The van der Waals surface area contributed by atoms with Crippen LogP contribution in [0.2, 0.25) is 0 Å². The van der Waals surface area contributed by atoms with Gasteiger partial charge in [-0.25, -0.2) is 10.8 Å². The number of hydrogen-bond acceptors (Lipinski definition) is 5. The molecule has 1 aliphatic heterocycles. The van der Waals surface area contributed by atoms with Crippen LogP contribution in [-0.2, 0) is 6.54 Å². The summed E-state index contributed by atoms with van der Waals surface area (Å²) in [5, 5.41) is 9.60. The normalized spacial score (nSPS) is 20.7. The van der Waals surface area contributed by atoms with Crippen molar-refractivity contribution in [2.24, 2.45) is 5.84 Å². The van der Waals surface area contributed by atoms with Crippen LogP contribution in [0.15, 0.2) is 18.2 Å². The number of aromatic nitrogens is 1. The molecule has 1 unspecified atom stereocenters. The molecule has 0 spiro atoms. The number of hydrogen-bond donors (Lipinski definition) is 3. The monoisotopic (exact) mass is 250 g/mol. The second kappa shape index (κ2) is 5.90. The lowest BCUT2D eigenvalue weighted by Crippen LogP contribution is -2.38. The Kier molecular flexibility index (Phi) is 4.24. The van der Waals surface area contributed by atoms with Gasteiger partial charge in [0.1, 0.15) is 5.69 Å². The summed E-state index contributed by atoms with van der Waals surface area (Å²) in [6, 6.07) is 5.28. The number of nitrogens with one attached hydrogen (secondary N) is 1.